The zero-order valence-corrected chi connectivity index (χ0v) is 12.9. The Bertz CT molecular complexity index is 422. The number of nitrogens with two attached hydrogens (primary N) is 1. The summed E-state index contributed by atoms with van der Waals surface area (Å²) in [6.07, 6.45) is 7.62. The SMILES string of the molecule is CC(C)(CN)C(Sc1ccccc1)C1=CCCCC1. The summed E-state index contributed by atoms with van der Waals surface area (Å²) in [6, 6.07) is 10.7. The van der Waals surface area contributed by atoms with E-state index < -0.39 is 0 Å². The second-order valence-electron chi connectivity index (χ2n) is 6.03. The molecule has 0 radical (unpaired) electrons. The molecule has 1 aromatic carbocycles. The first-order valence-electron chi connectivity index (χ1n) is 7.24. The minimum atomic E-state index is 0.143. The van der Waals surface area contributed by atoms with E-state index in [2.05, 4.69) is 50.3 Å². The van der Waals surface area contributed by atoms with E-state index in [-0.39, 0.29) is 5.41 Å². The third-order valence-corrected chi connectivity index (χ3v) is 5.62. The Labute approximate surface area is 121 Å². The van der Waals surface area contributed by atoms with Crippen molar-refractivity contribution < 1.29 is 0 Å². The molecule has 2 rings (SSSR count). The summed E-state index contributed by atoms with van der Waals surface area (Å²) in [5.74, 6) is 0. The van der Waals surface area contributed by atoms with Gasteiger partial charge in [0.15, 0.2) is 0 Å². The average molecular weight is 275 g/mol. The molecule has 0 aromatic heterocycles. The van der Waals surface area contributed by atoms with Gasteiger partial charge in [0.2, 0.25) is 0 Å². The predicted molar refractivity (Wildman–Crippen MR) is 85.5 cm³/mol. The van der Waals surface area contributed by atoms with Crippen molar-refractivity contribution in [1.29, 1.82) is 0 Å². The zero-order chi connectivity index (χ0) is 13.7. The van der Waals surface area contributed by atoms with Crippen LogP contribution in [0.1, 0.15) is 39.5 Å². The Kier molecular flexibility index (Phi) is 5.12. The normalized spacial score (nSPS) is 17.9. The molecule has 19 heavy (non-hydrogen) atoms. The van der Waals surface area contributed by atoms with Crippen LogP contribution in [0.2, 0.25) is 0 Å². The number of benzene rings is 1. The van der Waals surface area contributed by atoms with Crippen LogP contribution in [0.15, 0.2) is 46.9 Å². The molecule has 2 N–H and O–H groups in total. The summed E-state index contributed by atoms with van der Waals surface area (Å²) in [6.45, 7) is 5.32. The minimum absolute atomic E-state index is 0.143. The van der Waals surface area contributed by atoms with Crippen molar-refractivity contribution in [3.63, 3.8) is 0 Å². The first-order valence-corrected chi connectivity index (χ1v) is 8.12. The van der Waals surface area contributed by atoms with Crippen molar-refractivity contribution in [3.8, 4) is 0 Å². The van der Waals surface area contributed by atoms with Crippen molar-refractivity contribution in [2.75, 3.05) is 6.54 Å². The number of hydrogen-bond acceptors (Lipinski definition) is 2. The van der Waals surface area contributed by atoms with Crippen molar-refractivity contribution in [3.05, 3.63) is 42.0 Å². The van der Waals surface area contributed by atoms with Gasteiger partial charge in [-0.05, 0) is 49.8 Å². The van der Waals surface area contributed by atoms with Crippen LogP contribution in [-0.2, 0) is 0 Å². The molecule has 104 valence electrons. The number of hydrogen-bond donors (Lipinski definition) is 1. The van der Waals surface area contributed by atoms with Gasteiger partial charge in [0.25, 0.3) is 0 Å². The highest BCUT2D eigenvalue weighted by Gasteiger charge is 2.32. The highest BCUT2D eigenvalue weighted by atomic mass is 32.2. The van der Waals surface area contributed by atoms with E-state index in [0.29, 0.717) is 5.25 Å². The Morgan fingerprint density at radius 3 is 2.53 bits per heavy atom. The van der Waals surface area contributed by atoms with E-state index in [0.717, 1.165) is 6.54 Å². The smallest absolute Gasteiger partial charge is 0.0366 e. The second-order valence-corrected chi connectivity index (χ2v) is 7.21. The predicted octanol–water partition coefficient (Wildman–Crippen LogP) is 4.63. The third kappa shape index (κ3) is 3.87. The molecule has 1 unspecified atom stereocenters. The molecule has 0 aliphatic heterocycles. The highest BCUT2D eigenvalue weighted by molar-refractivity contribution is 8.00. The lowest BCUT2D eigenvalue weighted by Crippen LogP contribution is -2.36. The molecular weight excluding hydrogens is 250 g/mol. The highest BCUT2D eigenvalue weighted by Crippen LogP contribution is 2.42. The maximum absolute atomic E-state index is 6.03. The molecule has 2 heteroatoms. The van der Waals surface area contributed by atoms with Gasteiger partial charge in [-0.25, -0.2) is 0 Å². The van der Waals surface area contributed by atoms with Gasteiger partial charge in [-0.2, -0.15) is 0 Å². The second kappa shape index (κ2) is 6.62. The van der Waals surface area contributed by atoms with Crippen LogP contribution in [0, 0.1) is 5.41 Å². The Balaban J connectivity index is 2.22. The Hall–Kier alpha value is -0.730. The molecule has 1 aromatic rings. The molecular formula is C17H25NS. The minimum Gasteiger partial charge on any atom is -0.330 e. The molecule has 1 aliphatic rings. The van der Waals surface area contributed by atoms with Gasteiger partial charge in [-0.15, -0.1) is 11.8 Å². The van der Waals surface area contributed by atoms with E-state index in [1.54, 1.807) is 5.57 Å². The largest absolute Gasteiger partial charge is 0.330 e. The quantitative estimate of drug-likeness (QED) is 0.626. The summed E-state index contributed by atoms with van der Waals surface area (Å²) in [5.41, 5.74) is 7.78. The Morgan fingerprint density at radius 1 is 1.21 bits per heavy atom. The van der Waals surface area contributed by atoms with Gasteiger partial charge in [-0.3, -0.25) is 0 Å². The van der Waals surface area contributed by atoms with E-state index >= 15 is 0 Å². The third-order valence-electron chi connectivity index (χ3n) is 3.90. The lowest BCUT2D eigenvalue weighted by atomic mass is 9.81. The number of thioether (sulfide) groups is 1. The van der Waals surface area contributed by atoms with Gasteiger partial charge < -0.3 is 5.73 Å². The fraction of sp³-hybridized carbons (Fsp3) is 0.529. The van der Waals surface area contributed by atoms with Crippen LogP contribution in [-0.4, -0.2) is 11.8 Å². The molecule has 0 fully saturated rings. The van der Waals surface area contributed by atoms with Gasteiger partial charge in [0, 0.05) is 10.1 Å². The molecule has 0 heterocycles. The van der Waals surface area contributed by atoms with Gasteiger partial charge >= 0.3 is 0 Å². The van der Waals surface area contributed by atoms with Crippen LogP contribution in [0.25, 0.3) is 0 Å². The van der Waals surface area contributed by atoms with E-state index in [1.165, 1.54) is 30.6 Å². The lowest BCUT2D eigenvalue weighted by Gasteiger charge is -2.36. The zero-order valence-electron chi connectivity index (χ0n) is 12.1. The molecule has 0 saturated carbocycles. The van der Waals surface area contributed by atoms with Gasteiger partial charge in [0.1, 0.15) is 0 Å². The first kappa shape index (κ1) is 14.7. The summed E-state index contributed by atoms with van der Waals surface area (Å²) >= 11 is 1.98. The summed E-state index contributed by atoms with van der Waals surface area (Å²) in [5, 5.41) is 0.500. The van der Waals surface area contributed by atoms with Crippen LogP contribution in [0.5, 0.6) is 0 Å². The van der Waals surface area contributed by atoms with E-state index in [9.17, 15) is 0 Å². The fourth-order valence-corrected chi connectivity index (χ4v) is 3.95. The molecule has 0 saturated heterocycles. The maximum atomic E-state index is 6.03. The van der Waals surface area contributed by atoms with Crippen LogP contribution >= 0.6 is 11.8 Å². The van der Waals surface area contributed by atoms with Crippen molar-refractivity contribution in [2.24, 2.45) is 11.1 Å². The number of rotatable bonds is 5. The lowest BCUT2D eigenvalue weighted by molar-refractivity contribution is 0.378. The monoisotopic (exact) mass is 275 g/mol. The van der Waals surface area contributed by atoms with Crippen LogP contribution in [0.4, 0.5) is 0 Å². The molecule has 0 spiro atoms. The summed E-state index contributed by atoms with van der Waals surface area (Å²) in [7, 11) is 0. The van der Waals surface area contributed by atoms with Crippen molar-refractivity contribution >= 4 is 11.8 Å². The van der Waals surface area contributed by atoms with Crippen LogP contribution in [0.3, 0.4) is 0 Å². The molecule has 1 atom stereocenters. The standard InChI is InChI=1S/C17H25NS/c1-17(2,13-18)16(14-9-5-3-6-10-14)19-15-11-7-4-8-12-15/h4,7-9,11-12,16H,3,5-6,10,13,18H2,1-2H3. The molecule has 0 amide bonds. The summed E-state index contributed by atoms with van der Waals surface area (Å²) < 4.78 is 0. The molecule has 1 aliphatic carbocycles. The summed E-state index contributed by atoms with van der Waals surface area (Å²) in [4.78, 5) is 1.35. The van der Waals surface area contributed by atoms with Gasteiger partial charge in [-0.1, -0.05) is 43.7 Å². The van der Waals surface area contributed by atoms with Crippen molar-refractivity contribution in [1.82, 2.24) is 0 Å². The topological polar surface area (TPSA) is 26.0 Å². The van der Waals surface area contributed by atoms with E-state index in [1.807, 2.05) is 11.8 Å². The fourth-order valence-electron chi connectivity index (χ4n) is 2.58. The van der Waals surface area contributed by atoms with Crippen LogP contribution < -0.4 is 5.73 Å². The first-order chi connectivity index (χ1) is 9.13. The Morgan fingerprint density at radius 2 is 1.95 bits per heavy atom. The van der Waals surface area contributed by atoms with Crippen molar-refractivity contribution in [2.45, 2.75) is 49.7 Å². The van der Waals surface area contributed by atoms with E-state index in [4.69, 9.17) is 5.73 Å². The average Bonchev–Trinajstić information content (AvgIpc) is 2.46. The maximum Gasteiger partial charge on any atom is 0.0366 e. The van der Waals surface area contributed by atoms with Gasteiger partial charge in [0.05, 0.1) is 0 Å². The number of allylic oxidation sites excluding steroid dienone is 1. The molecule has 1 nitrogen and oxygen atoms in total. The molecule has 0 bridgehead atoms.